The lowest BCUT2D eigenvalue weighted by Crippen LogP contribution is -2.14. The fourth-order valence-electron chi connectivity index (χ4n) is 0.825. The number of nitrogens with zero attached hydrogens (tertiary/aromatic N) is 1. The van der Waals surface area contributed by atoms with E-state index in [1.165, 1.54) is 0 Å². The van der Waals surface area contributed by atoms with Gasteiger partial charge in [-0.1, -0.05) is 20.2 Å². The van der Waals surface area contributed by atoms with Crippen LogP contribution in [-0.4, -0.2) is 7.85 Å². The van der Waals surface area contributed by atoms with Gasteiger partial charge < -0.3 is 0 Å². The summed E-state index contributed by atoms with van der Waals surface area (Å²) >= 11 is 0. The maximum absolute atomic E-state index is 8.56. The molecule has 3 atom stereocenters. The molecule has 0 bridgehead atoms. The second-order valence-corrected chi connectivity index (χ2v) is 2.99. The molecule has 10 heavy (non-hydrogen) atoms. The Hall–Kier alpha value is -0.445. The van der Waals surface area contributed by atoms with Crippen molar-refractivity contribution in [3.05, 3.63) is 0 Å². The van der Waals surface area contributed by atoms with E-state index in [-0.39, 0.29) is 5.92 Å². The van der Waals surface area contributed by atoms with Gasteiger partial charge in [0.05, 0.1) is 13.9 Å². The fourth-order valence-corrected chi connectivity index (χ4v) is 0.825. The van der Waals surface area contributed by atoms with Crippen molar-refractivity contribution in [2.24, 2.45) is 17.8 Å². The van der Waals surface area contributed by atoms with Crippen LogP contribution in [-0.2, 0) is 0 Å². The first-order valence-corrected chi connectivity index (χ1v) is 3.73. The molecule has 0 aromatic carbocycles. The van der Waals surface area contributed by atoms with Gasteiger partial charge in [-0.15, -0.1) is 0 Å². The summed E-state index contributed by atoms with van der Waals surface area (Å²) in [7, 11) is 5.46. The monoisotopic (exact) mass is 135 g/mol. The zero-order valence-corrected chi connectivity index (χ0v) is 6.96. The second kappa shape index (κ2) is 4.38. The van der Waals surface area contributed by atoms with Crippen molar-refractivity contribution in [1.29, 1.82) is 5.26 Å². The summed E-state index contributed by atoms with van der Waals surface area (Å²) < 4.78 is 0. The predicted octanol–water partition coefficient (Wildman–Crippen LogP) is 2.01. The Morgan fingerprint density at radius 2 is 1.90 bits per heavy atom. The van der Waals surface area contributed by atoms with Gasteiger partial charge in [-0.3, -0.25) is 0 Å². The number of nitriles is 1. The summed E-state index contributed by atoms with van der Waals surface area (Å²) in [5.41, 5.74) is 0. The summed E-state index contributed by atoms with van der Waals surface area (Å²) in [4.78, 5) is 0. The average Bonchev–Trinajstić information content (AvgIpc) is 2.00. The van der Waals surface area contributed by atoms with Gasteiger partial charge in [-0.25, -0.2) is 0 Å². The molecule has 0 saturated carbocycles. The van der Waals surface area contributed by atoms with Gasteiger partial charge in [0.1, 0.15) is 0 Å². The molecule has 0 aromatic rings. The Bertz CT molecular complexity index is 128. The standard InChI is InChI=1S/C8H14BN/c1-6(4-9)8(3)7(2)5-10/h6-8H,4H2,1-3H3/t6-,7?,8+/m0/s1. The lowest BCUT2D eigenvalue weighted by molar-refractivity contribution is 0.349. The molecule has 1 nitrogen and oxygen atoms in total. The molecular formula is C8H14BN. The molecule has 0 N–H and O–H groups in total. The molecule has 1 unspecified atom stereocenters. The molecule has 0 aliphatic rings. The Morgan fingerprint density at radius 1 is 1.40 bits per heavy atom. The van der Waals surface area contributed by atoms with Crippen LogP contribution in [0.2, 0.25) is 6.32 Å². The van der Waals surface area contributed by atoms with Crippen molar-refractivity contribution in [3.63, 3.8) is 0 Å². The lowest BCUT2D eigenvalue weighted by atomic mass is 9.78. The molecule has 2 heteroatoms. The van der Waals surface area contributed by atoms with Crippen molar-refractivity contribution < 1.29 is 0 Å². The van der Waals surface area contributed by atoms with Crippen LogP contribution in [0.3, 0.4) is 0 Å². The molecule has 0 amide bonds. The number of hydrogen-bond acceptors (Lipinski definition) is 1. The van der Waals surface area contributed by atoms with Crippen molar-refractivity contribution >= 4 is 7.85 Å². The van der Waals surface area contributed by atoms with Crippen molar-refractivity contribution in [2.45, 2.75) is 27.1 Å². The molecule has 0 fully saturated rings. The average molecular weight is 135 g/mol. The summed E-state index contributed by atoms with van der Waals surface area (Å²) in [5.74, 6) is 0.989. The van der Waals surface area contributed by atoms with E-state index in [2.05, 4.69) is 19.9 Å². The molecule has 0 saturated heterocycles. The van der Waals surface area contributed by atoms with Gasteiger partial charge in [0, 0.05) is 5.92 Å². The largest absolute Gasteiger partial charge is 0.198 e. The summed E-state index contributed by atoms with van der Waals surface area (Å²) in [6.45, 7) is 6.10. The van der Waals surface area contributed by atoms with Gasteiger partial charge >= 0.3 is 0 Å². The highest BCUT2D eigenvalue weighted by Gasteiger charge is 2.16. The topological polar surface area (TPSA) is 23.8 Å². The van der Waals surface area contributed by atoms with Crippen LogP contribution in [0.15, 0.2) is 0 Å². The highest BCUT2D eigenvalue weighted by atomic mass is 14.3. The Morgan fingerprint density at radius 3 is 2.20 bits per heavy atom. The molecule has 0 aliphatic carbocycles. The minimum absolute atomic E-state index is 0.124. The van der Waals surface area contributed by atoms with E-state index in [9.17, 15) is 0 Å². The van der Waals surface area contributed by atoms with Gasteiger partial charge in [0.2, 0.25) is 0 Å². The first-order valence-electron chi connectivity index (χ1n) is 3.73. The number of hydrogen-bond donors (Lipinski definition) is 0. The van der Waals surface area contributed by atoms with Crippen LogP contribution in [0.4, 0.5) is 0 Å². The van der Waals surface area contributed by atoms with Crippen LogP contribution in [0.1, 0.15) is 20.8 Å². The quantitative estimate of drug-likeness (QED) is 0.543. The normalized spacial score (nSPS) is 19.0. The zero-order chi connectivity index (χ0) is 8.15. The Labute approximate surface area is 64.8 Å². The molecule has 0 heterocycles. The third-order valence-corrected chi connectivity index (χ3v) is 2.26. The third kappa shape index (κ3) is 2.43. The fraction of sp³-hybridized carbons (Fsp3) is 0.875. The Kier molecular flexibility index (Phi) is 4.19. The van der Waals surface area contributed by atoms with Crippen molar-refractivity contribution in [3.8, 4) is 6.07 Å². The van der Waals surface area contributed by atoms with Crippen molar-refractivity contribution in [2.75, 3.05) is 0 Å². The van der Waals surface area contributed by atoms with E-state index in [4.69, 9.17) is 13.1 Å². The minimum Gasteiger partial charge on any atom is -0.198 e. The van der Waals surface area contributed by atoms with Crippen LogP contribution in [0, 0.1) is 29.1 Å². The summed E-state index contributed by atoms with van der Waals surface area (Å²) in [6, 6.07) is 2.22. The third-order valence-electron chi connectivity index (χ3n) is 2.26. The van der Waals surface area contributed by atoms with Crippen LogP contribution >= 0.6 is 0 Å². The van der Waals surface area contributed by atoms with E-state index >= 15 is 0 Å². The van der Waals surface area contributed by atoms with E-state index in [1.54, 1.807) is 0 Å². The summed E-state index contributed by atoms with van der Waals surface area (Å²) in [6.07, 6.45) is 0.674. The molecule has 54 valence electrons. The van der Waals surface area contributed by atoms with Crippen LogP contribution in [0.5, 0.6) is 0 Å². The molecule has 2 radical (unpaired) electrons. The zero-order valence-electron chi connectivity index (χ0n) is 6.96. The number of rotatable bonds is 3. The molecule has 0 aromatic heterocycles. The molecule has 0 rings (SSSR count). The van der Waals surface area contributed by atoms with E-state index in [1.807, 2.05) is 6.92 Å². The lowest BCUT2D eigenvalue weighted by Gasteiger charge is -2.19. The van der Waals surface area contributed by atoms with E-state index in [0.29, 0.717) is 18.2 Å². The molecule has 0 aliphatic heterocycles. The van der Waals surface area contributed by atoms with Crippen LogP contribution < -0.4 is 0 Å². The van der Waals surface area contributed by atoms with Gasteiger partial charge in [0.15, 0.2) is 0 Å². The van der Waals surface area contributed by atoms with Gasteiger partial charge in [-0.2, -0.15) is 5.26 Å². The minimum atomic E-state index is 0.124. The second-order valence-electron chi connectivity index (χ2n) is 2.99. The highest BCUT2D eigenvalue weighted by Crippen LogP contribution is 2.21. The van der Waals surface area contributed by atoms with Crippen LogP contribution in [0.25, 0.3) is 0 Å². The predicted molar refractivity (Wildman–Crippen MR) is 43.7 cm³/mol. The molecular weight excluding hydrogens is 121 g/mol. The summed E-state index contributed by atoms with van der Waals surface area (Å²) in [5, 5.41) is 8.56. The smallest absolute Gasteiger partial charge is 0.0656 e. The van der Waals surface area contributed by atoms with Gasteiger partial charge in [0.25, 0.3) is 0 Å². The highest BCUT2D eigenvalue weighted by molar-refractivity contribution is 6.08. The Balaban J connectivity index is 3.84. The maximum atomic E-state index is 8.56. The maximum Gasteiger partial charge on any atom is 0.0656 e. The van der Waals surface area contributed by atoms with E-state index in [0.717, 1.165) is 0 Å². The first-order chi connectivity index (χ1) is 4.63. The molecule has 0 spiro atoms. The van der Waals surface area contributed by atoms with Gasteiger partial charge in [-0.05, 0) is 18.8 Å². The van der Waals surface area contributed by atoms with Crippen molar-refractivity contribution in [1.82, 2.24) is 0 Å². The first kappa shape index (κ1) is 9.55. The SMILES string of the molecule is [B]C[C@H](C)[C@@H](C)C(C)C#N. The van der Waals surface area contributed by atoms with E-state index < -0.39 is 0 Å².